The van der Waals surface area contributed by atoms with Crippen LogP contribution in [0.25, 0.3) is 11.3 Å². The van der Waals surface area contributed by atoms with E-state index in [1.165, 1.54) is 18.5 Å². The molecule has 0 saturated carbocycles. The smallest absolute Gasteiger partial charge is 0.168 e. The Labute approximate surface area is 110 Å². The first-order chi connectivity index (χ1) is 9.15. The van der Waals surface area contributed by atoms with Crippen molar-refractivity contribution in [2.45, 2.75) is 20.3 Å². The van der Waals surface area contributed by atoms with Gasteiger partial charge in [0.25, 0.3) is 0 Å². The van der Waals surface area contributed by atoms with Crippen LogP contribution in [-0.4, -0.2) is 16.5 Å². The Morgan fingerprint density at radius 1 is 1.21 bits per heavy atom. The first kappa shape index (κ1) is 13.4. The molecule has 0 atom stereocenters. The maximum absolute atomic E-state index is 13.8. The molecule has 100 valence electrons. The summed E-state index contributed by atoms with van der Waals surface area (Å²) in [6.45, 7) is 4.59. The number of halogens is 2. The molecule has 5 heteroatoms. The van der Waals surface area contributed by atoms with E-state index >= 15 is 0 Å². The van der Waals surface area contributed by atoms with E-state index in [0.717, 1.165) is 19.0 Å². The average Bonchev–Trinajstić information content (AvgIpc) is 2.41. The minimum atomic E-state index is -0.884. The number of rotatable bonds is 4. The van der Waals surface area contributed by atoms with E-state index in [4.69, 9.17) is 0 Å². The number of nitrogens with zero attached hydrogens (tertiary/aromatic N) is 2. The van der Waals surface area contributed by atoms with E-state index < -0.39 is 11.6 Å². The largest absolute Gasteiger partial charge is 0.370 e. The third-order valence-electron chi connectivity index (χ3n) is 2.83. The Balaban J connectivity index is 2.48. The van der Waals surface area contributed by atoms with Crippen molar-refractivity contribution in [2.75, 3.05) is 11.9 Å². The van der Waals surface area contributed by atoms with Crippen molar-refractivity contribution in [1.29, 1.82) is 0 Å². The van der Waals surface area contributed by atoms with Crippen molar-refractivity contribution in [2.24, 2.45) is 0 Å². The summed E-state index contributed by atoms with van der Waals surface area (Å²) in [5, 5.41) is 3.14. The maximum Gasteiger partial charge on any atom is 0.168 e. The van der Waals surface area contributed by atoms with E-state index in [2.05, 4.69) is 15.3 Å². The number of aromatic nitrogens is 2. The van der Waals surface area contributed by atoms with Gasteiger partial charge >= 0.3 is 0 Å². The van der Waals surface area contributed by atoms with Gasteiger partial charge in [0.1, 0.15) is 12.1 Å². The van der Waals surface area contributed by atoms with Gasteiger partial charge in [-0.1, -0.05) is 13.0 Å². The number of nitrogens with one attached hydrogen (secondary N) is 1. The molecule has 1 heterocycles. The molecule has 2 aromatic rings. The summed E-state index contributed by atoms with van der Waals surface area (Å²) >= 11 is 0. The predicted molar refractivity (Wildman–Crippen MR) is 70.9 cm³/mol. The van der Waals surface area contributed by atoms with Crippen LogP contribution in [0.1, 0.15) is 18.9 Å². The third-order valence-corrected chi connectivity index (χ3v) is 2.83. The van der Waals surface area contributed by atoms with Gasteiger partial charge in [-0.15, -0.1) is 0 Å². The lowest BCUT2D eigenvalue weighted by Gasteiger charge is -2.11. The highest BCUT2D eigenvalue weighted by molar-refractivity contribution is 5.68. The first-order valence-corrected chi connectivity index (χ1v) is 6.15. The second-order valence-electron chi connectivity index (χ2n) is 4.22. The van der Waals surface area contributed by atoms with Gasteiger partial charge in [0, 0.05) is 17.7 Å². The zero-order chi connectivity index (χ0) is 13.8. The standard InChI is InChI=1S/C14H15F2N3/c1-3-7-17-14-9(2)13(18-8-19-14)10-5-4-6-11(15)12(10)16/h4-6,8H,3,7H2,1-2H3,(H,17,18,19). The monoisotopic (exact) mass is 263 g/mol. The van der Waals surface area contributed by atoms with Gasteiger partial charge in [-0.2, -0.15) is 0 Å². The highest BCUT2D eigenvalue weighted by Crippen LogP contribution is 2.27. The zero-order valence-electron chi connectivity index (χ0n) is 10.9. The Bertz CT molecular complexity index is 585. The minimum absolute atomic E-state index is 0.152. The van der Waals surface area contributed by atoms with Gasteiger partial charge in [-0.25, -0.2) is 18.7 Å². The van der Waals surface area contributed by atoms with Crippen LogP contribution in [0, 0.1) is 18.6 Å². The summed E-state index contributed by atoms with van der Waals surface area (Å²) in [6.07, 6.45) is 2.30. The summed E-state index contributed by atoms with van der Waals surface area (Å²) < 4.78 is 27.1. The second-order valence-corrected chi connectivity index (χ2v) is 4.22. The molecule has 1 N–H and O–H groups in total. The summed E-state index contributed by atoms with van der Waals surface area (Å²) in [6, 6.07) is 4.07. The molecule has 0 amide bonds. The number of hydrogen-bond acceptors (Lipinski definition) is 3. The second kappa shape index (κ2) is 5.73. The molecule has 0 aliphatic rings. The predicted octanol–water partition coefficient (Wildman–Crippen LogP) is 3.55. The van der Waals surface area contributed by atoms with Gasteiger partial charge in [0.05, 0.1) is 5.69 Å². The van der Waals surface area contributed by atoms with Crippen molar-refractivity contribution in [1.82, 2.24) is 9.97 Å². The van der Waals surface area contributed by atoms with Gasteiger partial charge < -0.3 is 5.32 Å². The number of hydrogen-bond donors (Lipinski definition) is 1. The zero-order valence-corrected chi connectivity index (χ0v) is 10.9. The molecule has 19 heavy (non-hydrogen) atoms. The van der Waals surface area contributed by atoms with E-state index in [0.29, 0.717) is 17.1 Å². The molecule has 0 saturated heterocycles. The van der Waals surface area contributed by atoms with Crippen LogP contribution >= 0.6 is 0 Å². The Morgan fingerprint density at radius 3 is 2.74 bits per heavy atom. The molecular weight excluding hydrogens is 248 g/mol. The van der Waals surface area contributed by atoms with Crippen molar-refractivity contribution in [3.63, 3.8) is 0 Å². The lowest BCUT2D eigenvalue weighted by atomic mass is 10.1. The fraction of sp³-hybridized carbons (Fsp3) is 0.286. The fourth-order valence-corrected chi connectivity index (χ4v) is 1.83. The maximum atomic E-state index is 13.8. The summed E-state index contributed by atoms with van der Waals surface area (Å²) in [5.74, 6) is -1.11. The molecule has 0 aliphatic heterocycles. The summed E-state index contributed by atoms with van der Waals surface area (Å²) in [4.78, 5) is 8.18. The molecule has 2 rings (SSSR count). The molecule has 1 aromatic heterocycles. The lowest BCUT2D eigenvalue weighted by Crippen LogP contribution is -2.06. The van der Waals surface area contributed by atoms with Crippen LogP contribution in [-0.2, 0) is 0 Å². The number of anilines is 1. The Morgan fingerprint density at radius 2 is 2.00 bits per heavy atom. The SMILES string of the molecule is CCCNc1ncnc(-c2cccc(F)c2F)c1C. The fourth-order valence-electron chi connectivity index (χ4n) is 1.83. The van der Waals surface area contributed by atoms with Crippen LogP contribution in [0.5, 0.6) is 0 Å². The van der Waals surface area contributed by atoms with Crippen molar-refractivity contribution >= 4 is 5.82 Å². The quantitative estimate of drug-likeness (QED) is 0.916. The summed E-state index contributed by atoms with van der Waals surface area (Å²) in [5.41, 5.74) is 1.27. The molecule has 1 aromatic carbocycles. The van der Waals surface area contributed by atoms with Crippen LogP contribution in [0.15, 0.2) is 24.5 Å². The lowest BCUT2D eigenvalue weighted by molar-refractivity contribution is 0.511. The van der Waals surface area contributed by atoms with Crippen LogP contribution in [0.4, 0.5) is 14.6 Å². The molecule has 0 unspecified atom stereocenters. The van der Waals surface area contributed by atoms with E-state index in [1.54, 1.807) is 6.92 Å². The molecule has 0 aliphatic carbocycles. The van der Waals surface area contributed by atoms with Crippen molar-refractivity contribution in [3.8, 4) is 11.3 Å². The third kappa shape index (κ3) is 2.70. The van der Waals surface area contributed by atoms with Gasteiger partial charge in [0.2, 0.25) is 0 Å². The first-order valence-electron chi connectivity index (χ1n) is 6.15. The van der Waals surface area contributed by atoms with Gasteiger partial charge in [-0.3, -0.25) is 0 Å². The molecule has 0 spiro atoms. The molecular formula is C14H15F2N3. The van der Waals surface area contributed by atoms with E-state index in [1.807, 2.05) is 6.92 Å². The molecule has 0 fully saturated rings. The Hall–Kier alpha value is -2.04. The highest BCUT2D eigenvalue weighted by Gasteiger charge is 2.15. The number of benzene rings is 1. The topological polar surface area (TPSA) is 37.8 Å². The van der Waals surface area contributed by atoms with Crippen LogP contribution in [0.2, 0.25) is 0 Å². The minimum Gasteiger partial charge on any atom is -0.370 e. The van der Waals surface area contributed by atoms with Gasteiger partial charge in [0.15, 0.2) is 11.6 Å². The normalized spacial score (nSPS) is 10.5. The highest BCUT2D eigenvalue weighted by atomic mass is 19.2. The summed E-state index contributed by atoms with van der Waals surface area (Å²) in [7, 11) is 0. The average molecular weight is 263 g/mol. The molecule has 0 bridgehead atoms. The molecule has 3 nitrogen and oxygen atoms in total. The van der Waals surface area contributed by atoms with Crippen molar-refractivity contribution in [3.05, 3.63) is 41.7 Å². The van der Waals surface area contributed by atoms with E-state index in [9.17, 15) is 8.78 Å². The van der Waals surface area contributed by atoms with Crippen LogP contribution in [0.3, 0.4) is 0 Å². The van der Waals surface area contributed by atoms with Gasteiger partial charge in [-0.05, 0) is 25.5 Å². The Kier molecular flexibility index (Phi) is 4.04. The molecule has 0 radical (unpaired) electrons. The van der Waals surface area contributed by atoms with E-state index in [-0.39, 0.29) is 5.56 Å². The van der Waals surface area contributed by atoms with Crippen LogP contribution < -0.4 is 5.32 Å². The van der Waals surface area contributed by atoms with Crippen molar-refractivity contribution < 1.29 is 8.78 Å².